The van der Waals surface area contributed by atoms with Crippen LogP contribution >= 0.6 is 23.1 Å². The van der Waals surface area contributed by atoms with Gasteiger partial charge in [-0.25, -0.2) is 9.97 Å². The fourth-order valence-corrected chi connectivity index (χ4v) is 4.83. The molecule has 1 unspecified atom stereocenters. The lowest BCUT2D eigenvalue weighted by atomic mass is 10.00. The molecule has 32 heavy (non-hydrogen) atoms. The molecule has 3 heterocycles. The van der Waals surface area contributed by atoms with Gasteiger partial charge in [0.15, 0.2) is 5.76 Å². The monoisotopic (exact) mass is 464 g/mol. The Morgan fingerprint density at radius 2 is 1.78 bits per heavy atom. The number of hydrogen-bond acceptors (Lipinski definition) is 7. The molecule has 4 aromatic rings. The predicted octanol–water partition coefficient (Wildman–Crippen LogP) is 6.23. The van der Waals surface area contributed by atoms with Gasteiger partial charge in [0.05, 0.1) is 12.3 Å². The minimum absolute atomic E-state index is 0.246. The van der Waals surface area contributed by atoms with Crippen LogP contribution in [0.2, 0.25) is 0 Å². The molecule has 0 fully saturated rings. The van der Waals surface area contributed by atoms with Crippen LogP contribution in [0.5, 0.6) is 0 Å². The van der Waals surface area contributed by atoms with E-state index in [0.717, 1.165) is 32.4 Å². The van der Waals surface area contributed by atoms with Crippen LogP contribution < -0.4 is 10.6 Å². The second-order valence-corrected chi connectivity index (χ2v) is 9.53. The number of aromatic nitrogens is 2. The topological polar surface area (TPSA) is 80.0 Å². The van der Waals surface area contributed by atoms with Crippen molar-refractivity contribution < 1.29 is 9.21 Å². The lowest BCUT2D eigenvalue weighted by Gasteiger charge is -2.21. The number of furan rings is 1. The Labute approximate surface area is 195 Å². The molecule has 1 amide bonds. The first-order chi connectivity index (χ1) is 15.4. The van der Waals surface area contributed by atoms with Crippen molar-refractivity contribution in [2.45, 2.75) is 31.7 Å². The molecule has 1 atom stereocenters. The van der Waals surface area contributed by atoms with E-state index in [0.29, 0.717) is 5.95 Å². The largest absolute Gasteiger partial charge is 0.459 e. The highest BCUT2D eigenvalue weighted by Crippen LogP contribution is 2.38. The van der Waals surface area contributed by atoms with E-state index < -0.39 is 0 Å². The summed E-state index contributed by atoms with van der Waals surface area (Å²) in [4.78, 5) is 24.1. The first-order valence-electron chi connectivity index (χ1n) is 10.1. The van der Waals surface area contributed by atoms with E-state index in [4.69, 9.17) is 4.42 Å². The Hall–Kier alpha value is -3.10. The molecule has 0 aliphatic rings. The van der Waals surface area contributed by atoms with Gasteiger partial charge in [-0.15, -0.1) is 23.1 Å². The summed E-state index contributed by atoms with van der Waals surface area (Å²) in [6.07, 6.45) is 3.54. The Morgan fingerprint density at radius 1 is 1.06 bits per heavy atom. The lowest BCUT2D eigenvalue weighted by molar-refractivity contribution is 0.0997. The van der Waals surface area contributed by atoms with Crippen molar-refractivity contribution in [3.05, 3.63) is 87.9 Å². The smallest absolute Gasteiger partial charge is 0.291 e. The van der Waals surface area contributed by atoms with Gasteiger partial charge in [0, 0.05) is 26.7 Å². The number of hydrogen-bond donors (Lipinski definition) is 2. The molecule has 0 radical (unpaired) electrons. The predicted molar refractivity (Wildman–Crippen MR) is 131 cm³/mol. The minimum Gasteiger partial charge on any atom is -0.459 e. The van der Waals surface area contributed by atoms with Gasteiger partial charge in [0.25, 0.3) is 5.91 Å². The van der Waals surface area contributed by atoms with E-state index in [-0.39, 0.29) is 17.7 Å². The number of thiophene rings is 1. The van der Waals surface area contributed by atoms with E-state index in [1.54, 1.807) is 23.9 Å². The number of anilines is 2. The van der Waals surface area contributed by atoms with Gasteiger partial charge >= 0.3 is 0 Å². The van der Waals surface area contributed by atoms with Crippen LogP contribution in [0.25, 0.3) is 0 Å². The van der Waals surface area contributed by atoms with Crippen LogP contribution in [0.3, 0.4) is 0 Å². The first kappa shape index (κ1) is 22.1. The van der Waals surface area contributed by atoms with Crippen molar-refractivity contribution in [2.24, 2.45) is 0 Å². The highest BCUT2D eigenvalue weighted by molar-refractivity contribution is 7.98. The van der Waals surface area contributed by atoms with Crippen LogP contribution in [0.4, 0.5) is 10.9 Å². The molecule has 2 N–H and O–H groups in total. The van der Waals surface area contributed by atoms with E-state index >= 15 is 0 Å². The third-order valence-electron chi connectivity index (χ3n) is 4.87. The quantitative estimate of drug-likeness (QED) is 0.316. The number of amides is 1. The average molecular weight is 465 g/mol. The van der Waals surface area contributed by atoms with E-state index in [2.05, 4.69) is 57.2 Å². The van der Waals surface area contributed by atoms with Crippen LogP contribution in [0.1, 0.15) is 44.0 Å². The number of rotatable bonds is 7. The van der Waals surface area contributed by atoms with Gasteiger partial charge < -0.3 is 15.1 Å². The Balaban J connectivity index is 1.74. The summed E-state index contributed by atoms with van der Waals surface area (Å²) in [5, 5.41) is 7.28. The molecule has 1 aromatic carbocycles. The molecule has 0 saturated carbocycles. The summed E-state index contributed by atoms with van der Waals surface area (Å²) in [6, 6.07) is 15.5. The summed E-state index contributed by atoms with van der Waals surface area (Å²) in [5.41, 5.74) is 3.79. The third-order valence-corrected chi connectivity index (χ3v) is 6.60. The van der Waals surface area contributed by atoms with Gasteiger partial charge in [-0.3, -0.25) is 4.79 Å². The van der Waals surface area contributed by atoms with Crippen molar-refractivity contribution in [2.75, 3.05) is 16.9 Å². The molecule has 4 rings (SSSR count). The van der Waals surface area contributed by atoms with Crippen molar-refractivity contribution >= 4 is 40.0 Å². The van der Waals surface area contributed by atoms with Crippen LogP contribution in [0, 0.1) is 20.8 Å². The molecule has 0 spiro atoms. The van der Waals surface area contributed by atoms with Gasteiger partial charge in [0.1, 0.15) is 5.00 Å². The van der Waals surface area contributed by atoms with Gasteiger partial charge in [-0.1, -0.05) is 12.1 Å². The molecule has 0 bridgehead atoms. The minimum atomic E-state index is -0.280. The van der Waals surface area contributed by atoms with Crippen molar-refractivity contribution in [1.29, 1.82) is 0 Å². The highest BCUT2D eigenvalue weighted by atomic mass is 32.2. The second kappa shape index (κ2) is 9.58. The third kappa shape index (κ3) is 5.03. The molecular formula is C24H24N4O2S2. The zero-order valence-electron chi connectivity index (χ0n) is 18.3. The Kier molecular flexibility index (Phi) is 6.62. The summed E-state index contributed by atoms with van der Waals surface area (Å²) < 4.78 is 5.26. The van der Waals surface area contributed by atoms with Crippen LogP contribution in [0.15, 0.2) is 64.1 Å². The van der Waals surface area contributed by atoms with Crippen LogP contribution in [-0.2, 0) is 0 Å². The molecule has 3 aromatic heterocycles. The molecule has 0 aliphatic heterocycles. The molecule has 6 nitrogen and oxygen atoms in total. The molecule has 0 saturated heterocycles. The number of nitrogens with one attached hydrogen (secondary N) is 2. The fourth-order valence-electron chi connectivity index (χ4n) is 3.48. The zero-order chi connectivity index (χ0) is 22.7. The van der Waals surface area contributed by atoms with Gasteiger partial charge in [0.2, 0.25) is 5.95 Å². The fraction of sp³-hybridized carbons (Fsp3) is 0.208. The first-order valence-corrected chi connectivity index (χ1v) is 12.1. The number of carbonyl (C=O) groups excluding carboxylic acids is 1. The number of nitrogens with zero attached hydrogens (tertiary/aromatic N) is 2. The molecule has 0 aliphatic carbocycles. The lowest BCUT2D eigenvalue weighted by Crippen LogP contribution is -2.17. The van der Waals surface area contributed by atoms with Crippen LogP contribution in [-0.4, -0.2) is 22.1 Å². The van der Waals surface area contributed by atoms with E-state index in [1.807, 2.05) is 26.8 Å². The maximum atomic E-state index is 12.7. The summed E-state index contributed by atoms with van der Waals surface area (Å²) >= 11 is 3.23. The Morgan fingerprint density at radius 3 is 2.41 bits per heavy atom. The summed E-state index contributed by atoms with van der Waals surface area (Å²) in [6.45, 7) is 5.93. The molecule has 8 heteroatoms. The van der Waals surface area contributed by atoms with Crippen molar-refractivity contribution in [3.63, 3.8) is 0 Å². The standard InChI is InChI=1S/C24H24N4O2S2/c1-14-12-15(2)26-24(25-14)27-21(17-7-9-18(31-4)10-8-17)19-13-16(3)32-23(19)28-22(29)20-6-5-11-30-20/h5-13,21H,1-4H3,(H,28,29)(H,25,26,27). The zero-order valence-corrected chi connectivity index (χ0v) is 19.9. The number of thioether (sulfide) groups is 1. The second-order valence-electron chi connectivity index (χ2n) is 7.40. The normalized spacial score (nSPS) is 11.9. The maximum absolute atomic E-state index is 12.7. The van der Waals surface area contributed by atoms with Gasteiger partial charge in [-0.05, 0) is 69.0 Å². The van der Waals surface area contributed by atoms with Crippen molar-refractivity contribution in [1.82, 2.24) is 9.97 Å². The highest BCUT2D eigenvalue weighted by Gasteiger charge is 2.23. The molecular weight excluding hydrogens is 440 g/mol. The van der Waals surface area contributed by atoms with E-state index in [1.165, 1.54) is 22.5 Å². The number of benzene rings is 1. The summed E-state index contributed by atoms with van der Waals surface area (Å²) in [7, 11) is 0. The van der Waals surface area contributed by atoms with E-state index in [9.17, 15) is 4.79 Å². The number of aryl methyl sites for hydroxylation is 3. The average Bonchev–Trinajstić information content (AvgIpc) is 3.41. The SMILES string of the molecule is CSc1ccc(C(Nc2nc(C)cc(C)n2)c2cc(C)sc2NC(=O)c2ccco2)cc1. The maximum Gasteiger partial charge on any atom is 0.291 e. The van der Waals surface area contributed by atoms with Gasteiger partial charge in [-0.2, -0.15) is 0 Å². The Bertz CT molecular complexity index is 1200. The summed E-state index contributed by atoms with van der Waals surface area (Å²) in [5.74, 6) is 0.541. The van der Waals surface area contributed by atoms with Crippen molar-refractivity contribution in [3.8, 4) is 0 Å². The molecule has 164 valence electrons. The number of carbonyl (C=O) groups is 1.